The molecule has 8 nitrogen and oxygen atoms in total. The molecule has 0 radical (unpaired) electrons. The lowest BCUT2D eigenvalue weighted by Gasteiger charge is -2.13. The maximum absolute atomic E-state index is 13.1. The molecule has 0 aliphatic rings. The summed E-state index contributed by atoms with van der Waals surface area (Å²) in [7, 11) is 0. The van der Waals surface area contributed by atoms with Crippen LogP contribution in [0.3, 0.4) is 0 Å². The third-order valence-corrected chi connectivity index (χ3v) is 6.54. The van der Waals surface area contributed by atoms with Crippen molar-refractivity contribution in [2.24, 2.45) is 0 Å². The van der Waals surface area contributed by atoms with Crippen LogP contribution in [0.2, 0.25) is 0 Å². The molecule has 0 saturated carbocycles. The lowest BCUT2D eigenvalue weighted by atomic mass is 10.2. The maximum Gasteiger partial charge on any atom is 0.291 e. The molecule has 10 heteroatoms. The Morgan fingerprint density at radius 2 is 1.84 bits per heavy atom. The van der Waals surface area contributed by atoms with Gasteiger partial charge in [0.05, 0.1) is 11.2 Å². The molecule has 4 aromatic heterocycles. The highest BCUT2D eigenvalue weighted by atomic mass is 32.2. The Labute approximate surface area is 189 Å². The van der Waals surface area contributed by atoms with Crippen LogP contribution in [-0.4, -0.2) is 25.0 Å². The number of hydrogen-bond acceptors (Lipinski definition) is 7. The molecule has 4 heterocycles. The molecule has 0 unspecified atom stereocenters. The third-order valence-electron chi connectivity index (χ3n) is 4.67. The number of nitrogens with one attached hydrogen (secondary N) is 1. The first-order valence-corrected chi connectivity index (χ1v) is 11.4. The van der Waals surface area contributed by atoms with Gasteiger partial charge in [-0.3, -0.25) is 24.2 Å². The Hall–Kier alpha value is -3.76. The summed E-state index contributed by atoms with van der Waals surface area (Å²) in [4.78, 5) is 47.2. The van der Waals surface area contributed by atoms with Gasteiger partial charge < -0.3 is 0 Å². The van der Waals surface area contributed by atoms with Gasteiger partial charge in [0.1, 0.15) is 10.3 Å². The van der Waals surface area contributed by atoms with E-state index in [0.717, 1.165) is 4.68 Å². The zero-order valence-corrected chi connectivity index (χ0v) is 18.1. The standard InChI is InChI=1S/C22H15N5O3S2/c28-18-12-15(23-17-8-4-5-10-26(17)18)13-32-22-24-16-9-11-31-19(16)21(30)27(22)25-20(29)14-6-2-1-3-7-14/h1-12H,13H2,(H,25,29). The van der Waals surface area contributed by atoms with Gasteiger partial charge in [-0.25, -0.2) is 9.97 Å². The second kappa shape index (κ2) is 8.40. The van der Waals surface area contributed by atoms with Gasteiger partial charge in [0.25, 0.3) is 17.0 Å². The van der Waals surface area contributed by atoms with E-state index in [1.54, 1.807) is 54.0 Å². The molecular formula is C22H15N5O3S2. The number of rotatable bonds is 5. The van der Waals surface area contributed by atoms with Crippen molar-refractivity contribution in [3.8, 4) is 0 Å². The first-order valence-electron chi connectivity index (χ1n) is 9.57. The summed E-state index contributed by atoms with van der Waals surface area (Å²) >= 11 is 2.48. The van der Waals surface area contributed by atoms with Gasteiger partial charge in [-0.15, -0.1) is 11.3 Å². The molecule has 158 valence electrons. The van der Waals surface area contributed by atoms with Crippen LogP contribution in [0.5, 0.6) is 0 Å². The van der Waals surface area contributed by atoms with E-state index in [4.69, 9.17) is 0 Å². The van der Waals surface area contributed by atoms with Gasteiger partial charge >= 0.3 is 0 Å². The summed E-state index contributed by atoms with van der Waals surface area (Å²) in [5.74, 6) is -0.126. The van der Waals surface area contributed by atoms with Gasteiger partial charge in [-0.1, -0.05) is 36.0 Å². The normalized spacial score (nSPS) is 11.1. The Bertz CT molecular complexity index is 1570. The number of carbonyl (C=O) groups is 1. The number of carbonyl (C=O) groups excluding carboxylic acids is 1. The second-order valence-electron chi connectivity index (χ2n) is 6.78. The SMILES string of the molecule is O=C(Nn1c(SCc2cc(=O)n3ccccc3n2)nc2ccsc2c1=O)c1ccccc1. The fourth-order valence-corrected chi connectivity index (χ4v) is 4.76. The fourth-order valence-electron chi connectivity index (χ4n) is 3.16. The fraction of sp³-hybridized carbons (Fsp3) is 0.0455. The van der Waals surface area contributed by atoms with E-state index in [2.05, 4.69) is 15.4 Å². The molecular weight excluding hydrogens is 446 g/mol. The summed E-state index contributed by atoms with van der Waals surface area (Å²) in [5, 5.41) is 2.09. The summed E-state index contributed by atoms with van der Waals surface area (Å²) < 4.78 is 3.07. The van der Waals surface area contributed by atoms with Crippen molar-refractivity contribution >= 4 is 44.9 Å². The van der Waals surface area contributed by atoms with Crippen LogP contribution >= 0.6 is 23.1 Å². The number of thioether (sulfide) groups is 1. The highest BCUT2D eigenvalue weighted by molar-refractivity contribution is 7.98. The van der Waals surface area contributed by atoms with Gasteiger partial charge in [0, 0.05) is 23.6 Å². The molecule has 0 spiro atoms. The third kappa shape index (κ3) is 3.81. The van der Waals surface area contributed by atoms with E-state index in [-0.39, 0.29) is 11.1 Å². The molecule has 5 aromatic rings. The van der Waals surface area contributed by atoms with Crippen LogP contribution in [0.15, 0.2) is 87.0 Å². The van der Waals surface area contributed by atoms with Crippen molar-refractivity contribution in [3.05, 3.63) is 104 Å². The van der Waals surface area contributed by atoms with Gasteiger partial charge in [-0.05, 0) is 35.7 Å². The minimum absolute atomic E-state index is 0.192. The highest BCUT2D eigenvalue weighted by Crippen LogP contribution is 2.23. The Balaban J connectivity index is 1.50. The van der Waals surface area contributed by atoms with Gasteiger partial charge in [-0.2, -0.15) is 4.68 Å². The van der Waals surface area contributed by atoms with Crippen molar-refractivity contribution < 1.29 is 4.79 Å². The topological polar surface area (TPSA) is 98.4 Å². The molecule has 5 rings (SSSR count). The average molecular weight is 462 g/mol. The molecule has 1 N–H and O–H groups in total. The minimum Gasteiger partial charge on any atom is -0.269 e. The summed E-state index contributed by atoms with van der Waals surface area (Å²) in [6.07, 6.45) is 1.66. The Morgan fingerprint density at radius 3 is 2.69 bits per heavy atom. The number of pyridine rings is 1. The summed E-state index contributed by atoms with van der Waals surface area (Å²) in [6.45, 7) is 0. The largest absolute Gasteiger partial charge is 0.291 e. The monoisotopic (exact) mass is 461 g/mol. The molecule has 1 amide bonds. The van der Waals surface area contributed by atoms with E-state index < -0.39 is 5.91 Å². The zero-order chi connectivity index (χ0) is 22.1. The maximum atomic E-state index is 13.1. The average Bonchev–Trinajstić information content (AvgIpc) is 3.29. The van der Waals surface area contributed by atoms with Crippen LogP contribution in [0, 0.1) is 0 Å². The molecule has 0 saturated heterocycles. The lowest BCUT2D eigenvalue weighted by Crippen LogP contribution is -2.34. The van der Waals surface area contributed by atoms with Crippen LogP contribution < -0.4 is 16.5 Å². The van der Waals surface area contributed by atoms with Crippen LogP contribution in [0.1, 0.15) is 16.1 Å². The van der Waals surface area contributed by atoms with Crippen LogP contribution in [-0.2, 0) is 5.75 Å². The van der Waals surface area contributed by atoms with Crippen molar-refractivity contribution in [1.29, 1.82) is 0 Å². The van der Waals surface area contributed by atoms with Crippen molar-refractivity contribution in [2.45, 2.75) is 10.9 Å². The van der Waals surface area contributed by atoms with Gasteiger partial charge in [0.15, 0.2) is 5.16 Å². The molecule has 0 aliphatic heterocycles. The molecule has 0 atom stereocenters. The molecule has 32 heavy (non-hydrogen) atoms. The lowest BCUT2D eigenvalue weighted by molar-refractivity contribution is 0.100. The first kappa shape index (κ1) is 20.2. The van der Waals surface area contributed by atoms with E-state index in [0.29, 0.717) is 38.0 Å². The Morgan fingerprint density at radius 1 is 1.03 bits per heavy atom. The number of nitrogens with zero attached hydrogens (tertiary/aromatic N) is 4. The quantitative estimate of drug-likeness (QED) is 0.319. The zero-order valence-electron chi connectivity index (χ0n) is 16.5. The highest BCUT2D eigenvalue weighted by Gasteiger charge is 2.16. The molecule has 0 aliphatic carbocycles. The molecule has 0 fully saturated rings. The molecule has 0 bridgehead atoms. The minimum atomic E-state index is -0.422. The number of amides is 1. The smallest absolute Gasteiger partial charge is 0.269 e. The van der Waals surface area contributed by atoms with E-state index in [9.17, 15) is 14.4 Å². The van der Waals surface area contributed by atoms with Crippen LogP contribution in [0.25, 0.3) is 15.9 Å². The molecule has 1 aromatic carbocycles. The van der Waals surface area contributed by atoms with Gasteiger partial charge in [0.2, 0.25) is 0 Å². The van der Waals surface area contributed by atoms with E-state index >= 15 is 0 Å². The first-order chi connectivity index (χ1) is 15.6. The van der Waals surface area contributed by atoms with E-state index in [1.165, 1.54) is 33.6 Å². The Kier molecular flexibility index (Phi) is 5.29. The van der Waals surface area contributed by atoms with Crippen molar-refractivity contribution in [2.75, 3.05) is 5.43 Å². The predicted molar refractivity (Wildman–Crippen MR) is 125 cm³/mol. The van der Waals surface area contributed by atoms with Crippen LogP contribution in [0.4, 0.5) is 0 Å². The number of aromatic nitrogens is 4. The van der Waals surface area contributed by atoms with E-state index in [1.807, 2.05) is 12.1 Å². The summed E-state index contributed by atoms with van der Waals surface area (Å²) in [5.41, 5.74) is 4.17. The number of thiophene rings is 1. The van der Waals surface area contributed by atoms with Crippen molar-refractivity contribution in [1.82, 2.24) is 19.0 Å². The number of benzene rings is 1. The second-order valence-corrected chi connectivity index (χ2v) is 8.64. The predicted octanol–water partition coefficient (Wildman–Crippen LogP) is 3.14. The number of hydrogen-bond donors (Lipinski definition) is 1. The summed E-state index contributed by atoms with van der Waals surface area (Å²) in [6, 6.07) is 17.2. The van der Waals surface area contributed by atoms with Crippen molar-refractivity contribution in [3.63, 3.8) is 0 Å². The number of fused-ring (bicyclic) bond motifs is 2.